The predicted molar refractivity (Wildman–Crippen MR) is 94.7 cm³/mol. The first-order valence-electron chi connectivity index (χ1n) is 7.15. The summed E-state index contributed by atoms with van der Waals surface area (Å²) < 4.78 is 25.5. The first-order chi connectivity index (χ1) is 11.7. The van der Waals surface area contributed by atoms with Crippen molar-refractivity contribution in [3.63, 3.8) is 0 Å². The molecular weight excluding hydrogens is 447 g/mol. The van der Waals surface area contributed by atoms with E-state index in [0.717, 1.165) is 0 Å². The molecule has 0 saturated carbocycles. The maximum Gasteiger partial charge on any atom is 0.346 e. The fraction of sp³-hybridized carbons (Fsp3) is 0.438. The van der Waals surface area contributed by atoms with Crippen molar-refractivity contribution in [3.05, 3.63) is 21.3 Å². The second-order valence-corrected chi connectivity index (χ2v) is 5.92. The van der Waals surface area contributed by atoms with Gasteiger partial charge in [-0.25, -0.2) is 14.4 Å². The van der Waals surface area contributed by atoms with Gasteiger partial charge in [0.2, 0.25) is 0 Å². The Labute approximate surface area is 158 Å². The van der Waals surface area contributed by atoms with Crippen LogP contribution >= 0.6 is 22.6 Å². The Kier molecular flexibility index (Phi) is 7.94. The summed E-state index contributed by atoms with van der Waals surface area (Å²) in [6.07, 6.45) is -1.81. The molecule has 0 aliphatic rings. The number of halogens is 1. The first kappa shape index (κ1) is 21.0. The summed E-state index contributed by atoms with van der Waals surface area (Å²) in [6, 6.07) is 2.84. The van der Waals surface area contributed by atoms with Crippen molar-refractivity contribution >= 4 is 40.5 Å². The molecule has 0 N–H and O–H groups in total. The van der Waals surface area contributed by atoms with Gasteiger partial charge in [0.1, 0.15) is 11.5 Å². The van der Waals surface area contributed by atoms with Crippen LogP contribution in [0.3, 0.4) is 0 Å². The van der Waals surface area contributed by atoms with Gasteiger partial charge in [-0.05, 0) is 48.6 Å². The highest BCUT2D eigenvalue weighted by atomic mass is 127. The molecule has 0 fully saturated rings. The van der Waals surface area contributed by atoms with Gasteiger partial charge in [-0.3, -0.25) is 0 Å². The summed E-state index contributed by atoms with van der Waals surface area (Å²) >= 11 is 1.92. The van der Waals surface area contributed by atoms with Crippen molar-refractivity contribution in [2.24, 2.45) is 0 Å². The van der Waals surface area contributed by atoms with E-state index in [2.05, 4.69) is 9.47 Å². The Morgan fingerprint density at radius 1 is 0.840 bits per heavy atom. The topological polar surface area (TPSA) is 97.4 Å². The maximum absolute atomic E-state index is 11.9. The third-order valence-corrected chi connectivity index (χ3v) is 4.16. The number of rotatable bonds is 7. The smallest absolute Gasteiger partial charge is 0.346 e. The summed E-state index contributed by atoms with van der Waals surface area (Å²) in [5.74, 6) is -1.35. The van der Waals surface area contributed by atoms with Crippen LogP contribution in [0.4, 0.5) is 0 Å². The highest BCUT2D eigenvalue weighted by Crippen LogP contribution is 2.34. The number of carbonyl (C=O) groups excluding carboxylic acids is 3. The van der Waals surface area contributed by atoms with E-state index in [1.165, 1.54) is 47.3 Å². The van der Waals surface area contributed by atoms with Gasteiger partial charge in [-0.15, -0.1) is 0 Å². The van der Waals surface area contributed by atoms with Gasteiger partial charge in [-0.1, -0.05) is 0 Å². The zero-order valence-corrected chi connectivity index (χ0v) is 16.6. The fourth-order valence-corrected chi connectivity index (χ4v) is 2.35. The summed E-state index contributed by atoms with van der Waals surface area (Å²) in [6.45, 7) is 3.01. The van der Waals surface area contributed by atoms with E-state index in [4.69, 9.17) is 14.2 Å². The minimum absolute atomic E-state index is 0.141. The molecule has 0 aliphatic carbocycles. The molecule has 25 heavy (non-hydrogen) atoms. The minimum atomic E-state index is -0.905. The summed E-state index contributed by atoms with van der Waals surface area (Å²) in [5.41, 5.74) is 0.141. The largest absolute Gasteiger partial charge is 0.478 e. The number of hydrogen-bond acceptors (Lipinski definition) is 8. The molecule has 0 amide bonds. The third kappa shape index (κ3) is 5.48. The monoisotopic (exact) mass is 466 g/mol. The summed E-state index contributed by atoms with van der Waals surface area (Å²) in [7, 11) is 3.71. The number of methoxy groups -OCH3 is 3. The van der Waals surface area contributed by atoms with Crippen LogP contribution in [0.5, 0.6) is 11.5 Å². The van der Waals surface area contributed by atoms with Crippen molar-refractivity contribution in [2.75, 3.05) is 21.3 Å². The molecule has 1 aromatic carbocycles. The molecule has 0 unspecified atom stereocenters. The molecule has 9 heteroatoms. The first-order valence-corrected chi connectivity index (χ1v) is 8.23. The maximum atomic E-state index is 11.9. The molecule has 0 spiro atoms. The number of ether oxygens (including phenoxy) is 5. The Morgan fingerprint density at radius 3 is 1.56 bits per heavy atom. The van der Waals surface area contributed by atoms with E-state index in [1.54, 1.807) is 0 Å². The molecule has 0 aliphatic heterocycles. The van der Waals surface area contributed by atoms with Crippen LogP contribution in [-0.2, 0) is 23.8 Å². The van der Waals surface area contributed by atoms with E-state index in [0.29, 0.717) is 3.57 Å². The van der Waals surface area contributed by atoms with E-state index in [1.807, 2.05) is 22.6 Å². The van der Waals surface area contributed by atoms with Crippen LogP contribution in [0.15, 0.2) is 12.1 Å². The van der Waals surface area contributed by atoms with Crippen LogP contribution in [0.1, 0.15) is 24.2 Å². The molecule has 0 saturated heterocycles. The van der Waals surface area contributed by atoms with Crippen molar-refractivity contribution in [2.45, 2.75) is 26.1 Å². The minimum Gasteiger partial charge on any atom is -0.478 e. The van der Waals surface area contributed by atoms with E-state index < -0.39 is 30.1 Å². The van der Waals surface area contributed by atoms with Crippen LogP contribution in [0.25, 0.3) is 0 Å². The van der Waals surface area contributed by atoms with Gasteiger partial charge >= 0.3 is 17.9 Å². The Morgan fingerprint density at radius 2 is 1.24 bits per heavy atom. The predicted octanol–water partition coefficient (Wildman–Crippen LogP) is 1.96. The van der Waals surface area contributed by atoms with Crippen LogP contribution in [-0.4, -0.2) is 51.4 Å². The van der Waals surface area contributed by atoms with Crippen molar-refractivity contribution in [1.29, 1.82) is 0 Å². The number of carbonyl (C=O) groups is 3. The molecule has 1 aromatic rings. The van der Waals surface area contributed by atoms with Gasteiger partial charge in [0.25, 0.3) is 0 Å². The number of benzene rings is 1. The average molecular weight is 466 g/mol. The molecule has 0 bridgehead atoms. The molecular formula is C16H19IO8. The second-order valence-electron chi connectivity index (χ2n) is 4.84. The van der Waals surface area contributed by atoms with Gasteiger partial charge in [0.05, 0.1) is 30.5 Å². The van der Waals surface area contributed by atoms with Crippen molar-refractivity contribution in [1.82, 2.24) is 0 Å². The fourth-order valence-electron chi connectivity index (χ4n) is 1.79. The van der Waals surface area contributed by atoms with E-state index in [9.17, 15) is 14.4 Å². The quantitative estimate of drug-likeness (QED) is 0.342. The lowest BCUT2D eigenvalue weighted by Gasteiger charge is -2.19. The molecule has 8 nitrogen and oxygen atoms in total. The lowest BCUT2D eigenvalue weighted by molar-refractivity contribution is -0.148. The van der Waals surface area contributed by atoms with E-state index in [-0.39, 0.29) is 17.1 Å². The lowest BCUT2D eigenvalue weighted by Crippen LogP contribution is -2.27. The molecule has 0 aromatic heterocycles. The molecule has 0 heterocycles. The highest BCUT2D eigenvalue weighted by molar-refractivity contribution is 14.1. The molecule has 0 radical (unpaired) electrons. The summed E-state index contributed by atoms with van der Waals surface area (Å²) in [4.78, 5) is 35.0. The lowest BCUT2D eigenvalue weighted by atomic mass is 10.2. The zero-order valence-electron chi connectivity index (χ0n) is 14.5. The SMILES string of the molecule is COC(=O)c1cc(O[C@H](C)C(=O)OC)c(I)c(O[C@H](C)C(=O)OC)c1. The average Bonchev–Trinajstić information content (AvgIpc) is 2.62. The van der Waals surface area contributed by atoms with Crippen molar-refractivity contribution in [3.8, 4) is 11.5 Å². The third-order valence-electron chi connectivity index (χ3n) is 3.10. The van der Waals surface area contributed by atoms with Gasteiger partial charge in [-0.2, -0.15) is 0 Å². The zero-order chi connectivity index (χ0) is 19.1. The van der Waals surface area contributed by atoms with Gasteiger partial charge in [0.15, 0.2) is 12.2 Å². The summed E-state index contributed by atoms with van der Waals surface area (Å²) in [5, 5.41) is 0. The molecule has 138 valence electrons. The Bertz CT molecular complexity index is 613. The normalized spacial score (nSPS) is 12.6. The second kappa shape index (κ2) is 9.44. The van der Waals surface area contributed by atoms with E-state index >= 15 is 0 Å². The van der Waals surface area contributed by atoms with Gasteiger partial charge < -0.3 is 23.7 Å². The van der Waals surface area contributed by atoms with Gasteiger partial charge in [0, 0.05) is 0 Å². The van der Waals surface area contributed by atoms with Crippen LogP contribution < -0.4 is 9.47 Å². The standard InChI is InChI=1S/C16H19IO8/c1-8(14(18)21-3)24-11-6-10(16(20)23-5)7-12(13(11)17)25-9(2)15(19)22-4/h6-9H,1-5H3/t8-,9-/m1/s1. The number of esters is 3. The highest BCUT2D eigenvalue weighted by Gasteiger charge is 2.23. The van der Waals surface area contributed by atoms with Crippen LogP contribution in [0.2, 0.25) is 0 Å². The molecule has 2 atom stereocenters. The van der Waals surface area contributed by atoms with Crippen molar-refractivity contribution < 1.29 is 38.1 Å². The Hall–Kier alpha value is -2.04. The van der Waals surface area contributed by atoms with Crippen LogP contribution in [0, 0.1) is 3.57 Å². The Balaban J connectivity index is 3.26. The number of hydrogen-bond donors (Lipinski definition) is 0. The molecule has 1 rings (SSSR count).